The summed E-state index contributed by atoms with van der Waals surface area (Å²) in [5, 5.41) is 9.28. The molecule has 20 heavy (non-hydrogen) atoms. The lowest BCUT2D eigenvalue weighted by Crippen LogP contribution is -2.14. The van der Waals surface area contributed by atoms with E-state index in [1.807, 2.05) is 0 Å². The van der Waals surface area contributed by atoms with Crippen LogP contribution in [-0.4, -0.2) is 29.2 Å². The molecule has 1 heterocycles. The predicted octanol–water partition coefficient (Wildman–Crippen LogP) is 2.07. The van der Waals surface area contributed by atoms with Crippen LogP contribution < -0.4 is 5.32 Å². The number of methoxy groups -OCH3 is 1. The Morgan fingerprint density at radius 3 is 2.60 bits per heavy atom. The Hall–Kier alpha value is -2.63. The van der Waals surface area contributed by atoms with Crippen molar-refractivity contribution >= 4 is 17.6 Å². The van der Waals surface area contributed by atoms with Crippen molar-refractivity contribution in [3.05, 3.63) is 46.8 Å². The van der Waals surface area contributed by atoms with Gasteiger partial charge in [-0.05, 0) is 31.5 Å². The third kappa shape index (κ3) is 2.54. The van der Waals surface area contributed by atoms with Gasteiger partial charge in [0.2, 0.25) is 0 Å². The molecule has 0 radical (unpaired) electrons. The van der Waals surface area contributed by atoms with E-state index < -0.39 is 5.97 Å². The smallest absolute Gasteiger partial charge is 0.338 e. The summed E-state index contributed by atoms with van der Waals surface area (Å²) in [6, 6.07) is 5.08. The summed E-state index contributed by atoms with van der Waals surface area (Å²) in [5.41, 5.74) is 2.80. The van der Waals surface area contributed by atoms with Crippen molar-refractivity contribution in [1.29, 1.82) is 0 Å². The minimum absolute atomic E-state index is 0.277. The number of anilines is 1. The molecule has 1 amide bonds. The van der Waals surface area contributed by atoms with Crippen molar-refractivity contribution in [3.63, 3.8) is 0 Å². The number of esters is 1. The Morgan fingerprint density at radius 1 is 1.25 bits per heavy atom. The lowest BCUT2D eigenvalue weighted by atomic mass is 10.1. The molecule has 1 aromatic carbocycles. The lowest BCUT2D eigenvalue weighted by Gasteiger charge is -2.11. The van der Waals surface area contributed by atoms with Gasteiger partial charge in [0.15, 0.2) is 0 Å². The van der Waals surface area contributed by atoms with Crippen LogP contribution in [0.4, 0.5) is 5.69 Å². The topological polar surface area (TPSA) is 84.1 Å². The van der Waals surface area contributed by atoms with Crippen LogP contribution in [0.5, 0.6) is 0 Å². The lowest BCUT2D eigenvalue weighted by molar-refractivity contribution is 0.0599. The highest BCUT2D eigenvalue weighted by molar-refractivity contribution is 6.06. The molecule has 1 aromatic heterocycles. The zero-order valence-corrected chi connectivity index (χ0v) is 11.5. The first-order valence-electron chi connectivity index (χ1n) is 6.04. The van der Waals surface area contributed by atoms with E-state index in [4.69, 9.17) is 4.74 Å². The zero-order valence-electron chi connectivity index (χ0n) is 11.5. The van der Waals surface area contributed by atoms with Gasteiger partial charge in [0.25, 0.3) is 5.91 Å². The van der Waals surface area contributed by atoms with Crippen LogP contribution in [0, 0.1) is 13.8 Å². The number of benzene rings is 1. The summed E-state index contributed by atoms with van der Waals surface area (Å²) in [6.07, 6.45) is 1.46. The Bertz CT molecular complexity index is 661. The van der Waals surface area contributed by atoms with Crippen LogP contribution in [0.2, 0.25) is 0 Å². The third-order valence-electron chi connectivity index (χ3n) is 3.06. The molecule has 0 unspecified atom stereocenters. The molecule has 6 heteroatoms. The van der Waals surface area contributed by atoms with Gasteiger partial charge in [-0.1, -0.05) is 6.07 Å². The monoisotopic (exact) mass is 273 g/mol. The number of amides is 1. The molecule has 2 rings (SSSR count). The molecule has 0 aliphatic carbocycles. The highest BCUT2D eigenvalue weighted by Crippen LogP contribution is 2.20. The molecule has 2 aromatic rings. The number of aromatic amines is 1. The van der Waals surface area contributed by atoms with Gasteiger partial charge in [0.05, 0.1) is 24.4 Å². The summed E-state index contributed by atoms with van der Waals surface area (Å²) < 4.78 is 4.70. The number of carbonyl (C=O) groups is 2. The minimum Gasteiger partial charge on any atom is -0.465 e. The maximum Gasteiger partial charge on any atom is 0.338 e. The van der Waals surface area contributed by atoms with Gasteiger partial charge in [-0.15, -0.1) is 0 Å². The Kier molecular flexibility index (Phi) is 3.84. The minimum atomic E-state index is -0.432. The Labute approximate surface area is 116 Å². The predicted molar refractivity (Wildman–Crippen MR) is 73.8 cm³/mol. The summed E-state index contributed by atoms with van der Waals surface area (Å²) in [7, 11) is 1.32. The number of nitrogens with one attached hydrogen (secondary N) is 2. The molecule has 6 nitrogen and oxygen atoms in total. The van der Waals surface area contributed by atoms with Crippen LogP contribution in [-0.2, 0) is 4.74 Å². The number of ether oxygens (including phenoxy) is 1. The van der Waals surface area contributed by atoms with Crippen molar-refractivity contribution in [2.75, 3.05) is 12.4 Å². The number of hydrogen-bond acceptors (Lipinski definition) is 4. The number of aromatic nitrogens is 2. The van der Waals surface area contributed by atoms with Crippen molar-refractivity contribution in [1.82, 2.24) is 10.2 Å². The maximum atomic E-state index is 12.1. The van der Waals surface area contributed by atoms with Crippen molar-refractivity contribution in [2.45, 2.75) is 13.8 Å². The molecular formula is C14H15N3O3. The van der Waals surface area contributed by atoms with Crippen LogP contribution in [0.25, 0.3) is 0 Å². The number of hydrogen-bond donors (Lipinski definition) is 2. The molecule has 0 bridgehead atoms. The summed E-state index contributed by atoms with van der Waals surface area (Å²) >= 11 is 0. The largest absolute Gasteiger partial charge is 0.465 e. The van der Waals surface area contributed by atoms with Crippen LogP contribution >= 0.6 is 0 Å². The number of rotatable bonds is 3. The SMILES string of the molecule is COC(=O)c1cccc(NC(=O)c2cn[nH]c2C)c1C. The molecule has 0 fully saturated rings. The Balaban J connectivity index is 2.29. The van der Waals surface area contributed by atoms with Gasteiger partial charge < -0.3 is 10.1 Å². The van der Waals surface area contributed by atoms with E-state index in [2.05, 4.69) is 15.5 Å². The van der Waals surface area contributed by atoms with Crippen molar-refractivity contribution in [2.24, 2.45) is 0 Å². The van der Waals surface area contributed by atoms with Crippen LogP contribution in [0.15, 0.2) is 24.4 Å². The molecule has 0 aliphatic rings. The fraction of sp³-hybridized carbons (Fsp3) is 0.214. The van der Waals surface area contributed by atoms with E-state index in [-0.39, 0.29) is 5.91 Å². The summed E-state index contributed by atoms with van der Waals surface area (Å²) in [6.45, 7) is 3.52. The van der Waals surface area contributed by atoms with Gasteiger partial charge in [-0.3, -0.25) is 9.89 Å². The quantitative estimate of drug-likeness (QED) is 0.838. The Morgan fingerprint density at radius 2 is 2.00 bits per heavy atom. The average Bonchev–Trinajstić information content (AvgIpc) is 2.86. The number of carbonyl (C=O) groups excluding carboxylic acids is 2. The average molecular weight is 273 g/mol. The first kappa shape index (κ1) is 13.8. The van der Waals surface area contributed by atoms with E-state index in [1.54, 1.807) is 32.0 Å². The molecule has 104 valence electrons. The number of aryl methyl sites for hydroxylation is 1. The molecule has 0 aliphatic heterocycles. The fourth-order valence-corrected chi connectivity index (χ4v) is 1.87. The fourth-order valence-electron chi connectivity index (χ4n) is 1.87. The second kappa shape index (κ2) is 5.56. The van der Waals surface area contributed by atoms with Gasteiger partial charge in [0, 0.05) is 11.4 Å². The molecule has 2 N–H and O–H groups in total. The van der Waals surface area contributed by atoms with Crippen molar-refractivity contribution < 1.29 is 14.3 Å². The summed E-state index contributed by atoms with van der Waals surface area (Å²) in [4.78, 5) is 23.7. The highest BCUT2D eigenvalue weighted by Gasteiger charge is 2.15. The molecular weight excluding hydrogens is 258 g/mol. The zero-order chi connectivity index (χ0) is 14.7. The van der Waals surface area contributed by atoms with Crippen molar-refractivity contribution in [3.8, 4) is 0 Å². The van der Waals surface area contributed by atoms with Gasteiger partial charge in [-0.2, -0.15) is 5.10 Å². The maximum absolute atomic E-state index is 12.1. The molecule has 0 saturated carbocycles. The highest BCUT2D eigenvalue weighted by atomic mass is 16.5. The second-order valence-corrected chi connectivity index (χ2v) is 4.33. The van der Waals surface area contributed by atoms with Gasteiger partial charge >= 0.3 is 5.97 Å². The molecule has 0 spiro atoms. The normalized spacial score (nSPS) is 10.2. The molecule has 0 saturated heterocycles. The first-order chi connectivity index (χ1) is 9.54. The van der Waals surface area contributed by atoms with Gasteiger partial charge in [-0.25, -0.2) is 4.79 Å². The van der Waals surface area contributed by atoms with Crippen LogP contribution in [0.3, 0.4) is 0 Å². The van der Waals surface area contributed by atoms with E-state index in [1.165, 1.54) is 13.3 Å². The van der Waals surface area contributed by atoms with Crippen LogP contribution in [0.1, 0.15) is 32.0 Å². The van der Waals surface area contributed by atoms with E-state index in [0.29, 0.717) is 28.1 Å². The van der Waals surface area contributed by atoms with E-state index in [9.17, 15) is 9.59 Å². The van der Waals surface area contributed by atoms with E-state index >= 15 is 0 Å². The molecule has 0 atom stereocenters. The second-order valence-electron chi connectivity index (χ2n) is 4.33. The van der Waals surface area contributed by atoms with Gasteiger partial charge in [0.1, 0.15) is 0 Å². The summed E-state index contributed by atoms with van der Waals surface area (Å²) in [5.74, 6) is -0.709. The number of H-pyrrole nitrogens is 1. The number of nitrogens with zero attached hydrogens (tertiary/aromatic N) is 1. The standard InChI is InChI=1S/C14H15N3O3/c1-8-10(14(19)20-3)5-4-6-12(8)16-13(18)11-7-15-17-9(11)2/h4-7H,1-3H3,(H,15,17)(H,16,18). The van der Waals surface area contributed by atoms with E-state index in [0.717, 1.165) is 0 Å². The first-order valence-corrected chi connectivity index (χ1v) is 6.04. The third-order valence-corrected chi connectivity index (χ3v) is 3.06.